The number of nitriles is 1. The lowest BCUT2D eigenvalue weighted by atomic mass is 9.64. The Morgan fingerprint density at radius 2 is 1.60 bits per heavy atom. The van der Waals surface area contributed by atoms with E-state index in [1.807, 2.05) is 36.4 Å². The number of amides is 3. The number of fused-ring (bicyclic) bond motifs is 2. The van der Waals surface area contributed by atoms with Crippen molar-refractivity contribution in [2.75, 3.05) is 41.3 Å². The van der Waals surface area contributed by atoms with Crippen LogP contribution >= 0.6 is 0 Å². The molecule has 2 atom stereocenters. The molecule has 3 amide bonds. The van der Waals surface area contributed by atoms with Gasteiger partial charge in [0.1, 0.15) is 6.04 Å². The maximum Gasteiger partial charge on any atom is 0.253 e. The van der Waals surface area contributed by atoms with E-state index in [0.29, 0.717) is 55.1 Å². The van der Waals surface area contributed by atoms with Crippen molar-refractivity contribution in [3.8, 4) is 6.07 Å². The van der Waals surface area contributed by atoms with Crippen LogP contribution in [-0.4, -0.2) is 106 Å². The minimum atomic E-state index is -0.872. The van der Waals surface area contributed by atoms with E-state index in [0.717, 1.165) is 47.9 Å². The number of H-pyrrole nitrogens is 1. The number of aromatic nitrogens is 4. The SMILES string of the molecule is CN(C)C(=O)c1ccc2c(c1)CCc1cc(C(=O)N(C)C)ccc1C2(C[C@@H](NCC(=O)N1CCC[C@H]1C#N)C1CCC1)c1nnn[nH]1. The second-order valence-corrected chi connectivity index (χ2v) is 13.6. The zero-order valence-corrected chi connectivity index (χ0v) is 27.6. The fraction of sp³-hybridized carbons (Fsp3) is 0.514. The van der Waals surface area contributed by atoms with Gasteiger partial charge in [0.25, 0.3) is 11.8 Å². The third-order valence-electron chi connectivity index (χ3n) is 10.3. The van der Waals surface area contributed by atoms with Gasteiger partial charge in [-0.3, -0.25) is 14.4 Å². The smallest absolute Gasteiger partial charge is 0.253 e. The molecule has 12 heteroatoms. The van der Waals surface area contributed by atoms with E-state index in [2.05, 4.69) is 32.0 Å². The molecule has 2 aromatic carbocycles. The molecule has 2 fully saturated rings. The minimum Gasteiger partial charge on any atom is -0.345 e. The van der Waals surface area contributed by atoms with E-state index in [4.69, 9.17) is 0 Å². The molecule has 1 saturated heterocycles. The number of rotatable bonds is 9. The summed E-state index contributed by atoms with van der Waals surface area (Å²) in [5.41, 5.74) is 4.36. The van der Waals surface area contributed by atoms with E-state index in [-0.39, 0.29) is 36.3 Å². The summed E-state index contributed by atoms with van der Waals surface area (Å²) in [5.74, 6) is 0.687. The molecule has 3 aromatic rings. The first kappa shape index (κ1) is 32.3. The average molecular weight is 638 g/mol. The number of carbonyl (C=O) groups is 3. The van der Waals surface area contributed by atoms with Gasteiger partial charge >= 0.3 is 0 Å². The van der Waals surface area contributed by atoms with Crippen LogP contribution in [0, 0.1) is 17.2 Å². The molecule has 6 rings (SSSR count). The molecular formula is C35H43N9O3. The lowest BCUT2D eigenvalue weighted by Crippen LogP contribution is -2.50. The Kier molecular flexibility index (Phi) is 9.10. The molecule has 2 N–H and O–H groups in total. The summed E-state index contributed by atoms with van der Waals surface area (Å²) in [6, 6.07) is 13.6. The van der Waals surface area contributed by atoms with Crippen LogP contribution in [0.3, 0.4) is 0 Å². The summed E-state index contributed by atoms with van der Waals surface area (Å²) in [4.78, 5) is 44.5. The van der Waals surface area contributed by atoms with Crippen molar-refractivity contribution >= 4 is 17.7 Å². The molecule has 47 heavy (non-hydrogen) atoms. The summed E-state index contributed by atoms with van der Waals surface area (Å²) in [6.07, 6.45) is 6.60. The van der Waals surface area contributed by atoms with Crippen LogP contribution < -0.4 is 5.32 Å². The van der Waals surface area contributed by atoms with Crippen molar-refractivity contribution in [3.63, 3.8) is 0 Å². The Hall–Kier alpha value is -4.63. The van der Waals surface area contributed by atoms with Gasteiger partial charge in [0.2, 0.25) is 5.91 Å². The number of likely N-dealkylation sites (tertiary alicyclic amines) is 1. The quantitative estimate of drug-likeness (QED) is 0.364. The van der Waals surface area contributed by atoms with Gasteiger partial charge in [0.05, 0.1) is 18.0 Å². The molecule has 2 heterocycles. The third kappa shape index (κ3) is 6.00. The number of aromatic amines is 1. The Morgan fingerprint density at radius 1 is 0.979 bits per heavy atom. The van der Waals surface area contributed by atoms with Gasteiger partial charge in [0.15, 0.2) is 5.82 Å². The van der Waals surface area contributed by atoms with Crippen LogP contribution in [0.5, 0.6) is 0 Å². The Labute approximate surface area is 275 Å². The zero-order chi connectivity index (χ0) is 33.3. The number of carbonyl (C=O) groups excluding carboxylic acids is 3. The number of tetrazole rings is 1. The molecule has 1 aromatic heterocycles. The summed E-state index contributed by atoms with van der Waals surface area (Å²) in [6.45, 7) is 0.736. The Bertz CT molecular complexity index is 1620. The minimum absolute atomic E-state index is 0.0610. The van der Waals surface area contributed by atoms with E-state index in [1.54, 1.807) is 42.9 Å². The predicted octanol–water partition coefficient (Wildman–Crippen LogP) is 2.70. The lowest BCUT2D eigenvalue weighted by Gasteiger charge is -2.42. The lowest BCUT2D eigenvalue weighted by molar-refractivity contribution is -0.130. The number of hydrogen-bond donors (Lipinski definition) is 2. The van der Waals surface area contributed by atoms with Gasteiger partial charge in [-0.1, -0.05) is 18.6 Å². The maximum absolute atomic E-state index is 13.4. The van der Waals surface area contributed by atoms with Gasteiger partial charge in [0, 0.05) is 51.9 Å². The monoisotopic (exact) mass is 637 g/mol. The van der Waals surface area contributed by atoms with E-state index in [9.17, 15) is 19.6 Å². The van der Waals surface area contributed by atoms with Crippen molar-refractivity contribution < 1.29 is 14.4 Å². The van der Waals surface area contributed by atoms with Crippen LogP contribution in [0.1, 0.15) is 87.3 Å². The van der Waals surface area contributed by atoms with Gasteiger partial charge < -0.3 is 20.0 Å². The molecule has 0 radical (unpaired) electrons. The molecule has 1 aliphatic heterocycles. The van der Waals surface area contributed by atoms with Crippen molar-refractivity contribution in [1.29, 1.82) is 5.26 Å². The van der Waals surface area contributed by atoms with E-state index in [1.165, 1.54) is 0 Å². The molecule has 0 spiro atoms. The normalized spacial score (nSPS) is 19.0. The number of hydrogen-bond acceptors (Lipinski definition) is 8. The largest absolute Gasteiger partial charge is 0.345 e. The Morgan fingerprint density at radius 3 is 2.09 bits per heavy atom. The zero-order valence-electron chi connectivity index (χ0n) is 27.6. The van der Waals surface area contributed by atoms with Gasteiger partial charge in [-0.05, 0) is 108 Å². The predicted molar refractivity (Wildman–Crippen MR) is 174 cm³/mol. The maximum atomic E-state index is 13.4. The van der Waals surface area contributed by atoms with Crippen LogP contribution in [0.25, 0.3) is 0 Å². The molecule has 3 aliphatic rings. The van der Waals surface area contributed by atoms with Gasteiger partial charge in [-0.2, -0.15) is 5.26 Å². The van der Waals surface area contributed by atoms with Gasteiger partial charge in [-0.15, -0.1) is 5.10 Å². The molecule has 246 valence electrons. The molecule has 0 unspecified atom stereocenters. The van der Waals surface area contributed by atoms with Crippen molar-refractivity contribution in [3.05, 3.63) is 75.6 Å². The fourth-order valence-corrected chi connectivity index (χ4v) is 7.64. The summed E-state index contributed by atoms with van der Waals surface area (Å²) in [7, 11) is 6.98. The van der Waals surface area contributed by atoms with E-state index < -0.39 is 5.41 Å². The highest BCUT2D eigenvalue weighted by molar-refractivity contribution is 5.95. The fourth-order valence-electron chi connectivity index (χ4n) is 7.64. The topological polar surface area (TPSA) is 151 Å². The summed E-state index contributed by atoms with van der Waals surface area (Å²) in [5, 5.41) is 29.0. The van der Waals surface area contributed by atoms with Crippen molar-refractivity contribution in [1.82, 2.24) is 40.6 Å². The Balaban J connectivity index is 1.48. The van der Waals surface area contributed by atoms with Gasteiger partial charge in [-0.25, -0.2) is 5.10 Å². The molecule has 2 aliphatic carbocycles. The number of nitrogens with one attached hydrogen (secondary N) is 2. The standard InChI is InChI=1S/C35H43N9O3/c1-42(2)32(46)25-12-14-28-23(17-25)10-11-24-18-26(33(47)43(3)4)13-15-29(24)35(28,34-38-40-41-39-34)19-30(22-7-5-8-22)37-21-31(45)44-16-6-9-27(44)20-36/h12-15,17-18,22,27,30,37H,5-11,16,19,21H2,1-4H3,(H,38,39,40,41)/t27-,30+/m0/s1. The second-order valence-electron chi connectivity index (χ2n) is 13.6. The third-order valence-corrected chi connectivity index (χ3v) is 10.3. The summed E-state index contributed by atoms with van der Waals surface area (Å²) < 4.78 is 0. The first-order valence-electron chi connectivity index (χ1n) is 16.5. The highest BCUT2D eigenvalue weighted by atomic mass is 16.2. The number of nitrogens with zero attached hydrogens (tertiary/aromatic N) is 7. The van der Waals surface area contributed by atoms with Crippen LogP contribution in [0.15, 0.2) is 36.4 Å². The first-order valence-corrected chi connectivity index (χ1v) is 16.5. The molecule has 1 saturated carbocycles. The van der Waals surface area contributed by atoms with Crippen molar-refractivity contribution in [2.45, 2.75) is 68.9 Å². The number of aryl methyl sites for hydroxylation is 2. The second kappa shape index (κ2) is 13.2. The average Bonchev–Trinajstić information content (AvgIpc) is 3.74. The van der Waals surface area contributed by atoms with Crippen LogP contribution in [-0.2, 0) is 23.1 Å². The number of benzene rings is 2. The van der Waals surface area contributed by atoms with Crippen LogP contribution in [0.4, 0.5) is 0 Å². The van der Waals surface area contributed by atoms with Crippen LogP contribution in [0.2, 0.25) is 0 Å². The molecule has 0 bridgehead atoms. The highest BCUT2D eigenvalue weighted by Gasteiger charge is 2.47. The highest BCUT2D eigenvalue weighted by Crippen LogP contribution is 2.49. The molecular weight excluding hydrogens is 594 g/mol. The van der Waals surface area contributed by atoms with Crippen molar-refractivity contribution in [2.24, 2.45) is 5.92 Å². The first-order chi connectivity index (χ1) is 22.6. The summed E-state index contributed by atoms with van der Waals surface area (Å²) >= 11 is 0. The van der Waals surface area contributed by atoms with E-state index >= 15 is 0 Å². The molecule has 12 nitrogen and oxygen atoms in total.